The number of aryl methyl sites for hydroxylation is 1. The first-order valence-corrected chi connectivity index (χ1v) is 8.96. The molecule has 0 unspecified atom stereocenters. The number of aromatic nitrogens is 8. The van der Waals surface area contributed by atoms with E-state index in [2.05, 4.69) is 30.2 Å². The van der Waals surface area contributed by atoms with Gasteiger partial charge in [0.2, 0.25) is 0 Å². The molecule has 0 aliphatic carbocycles. The normalized spacial score (nSPS) is 11.6. The molecule has 140 valence electrons. The second-order valence-electron chi connectivity index (χ2n) is 6.77. The third kappa shape index (κ3) is 2.44. The Morgan fingerprint density at radius 1 is 1.07 bits per heavy atom. The van der Waals surface area contributed by atoms with Crippen LogP contribution in [-0.2, 0) is 7.05 Å². The van der Waals surface area contributed by atoms with E-state index < -0.39 is 0 Å². The lowest BCUT2D eigenvalue weighted by Crippen LogP contribution is -1.85. The number of nitrogens with zero attached hydrogens (tertiary/aromatic N) is 6. The monoisotopic (exact) mass is 382 g/mol. The van der Waals surface area contributed by atoms with Gasteiger partial charge in [0.15, 0.2) is 5.82 Å². The van der Waals surface area contributed by atoms with Crippen LogP contribution in [0.4, 0.5) is 0 Å². The molecule has 0 radical (unpaired) electrons. The van der Waals surface area contributed by atoms with Gasteiger partial charge in [0, 0.05) is 41.5 Å². The van der Waals surface area contributed by atoms with Crippen LogP contribution in [-0.4, -0.2) is 39.9 Å². The molecule has 6 aromatic heterocycles. The highest BCUT2D eigenvalue weighted by Gasteiger charge is 2.17. The van der Waals surface area contributed by atoms with Crippen molar-refractivity contribution in [3.63, 3.8) is 0 Å². The summed E-state index contributed by atoms with van der Waals surface area (Å²) in [6.07, 6.45) is 12.3. The van der Waals surface area contributed by atoms with Gasteiger partial charge in [0.05, 0.1) is 47.8 Å². The molecule has 6 heterocycles. The maximum absolute atomic E-state index is 5.21. The summed E-state index contributed by atoms with van der Waals surface area (Å²) < 4.78 is 6.97. The van der Waals surface area contributed by atoms with E-state index in [1.165, 1.54) is 0 Å². The molecule has 0 aliphatic heterocycles. The van der Waals surface area contributed by atoms with E-state index in [1.807, 2.05) is 25.4 Å². The molecule has 6 rings (SSSR count). The van der Waals surface area contributed by atoms with Crippen LogP contribution < -0.4 is 0 Å². The molecular weight excluding hydrogens is 368 g/mol. The molecule has 9 nitrogen and oxygen atoms in total. The number of H-pyrrole nitrogens is 2. The summed E-state index contributed by atoms with van der Waals surface area (Å²) in [4.78, 5) is 17.0. The van der Waals surface area contributed by atoms with Crippen molar-refractivity contribution in [1.29, 1.82) is 0 Å². The quantitative estimate of drug-likeness (QED) is 0.484. The number of pyridine rings is 2. The lowest BCUT2D eigenvalue weighted by atomic mass is 10.1. The van der Waals surface area contributed by atoms with Crippen LogP contribution in [0.25, 0.3) is 55.8 Å². The topological polar surface area (TPSA) is 114 Å². The minimum atomic E-state index is 0.660. The van der Waals surface area contributed by atoms with E-state index in [9.17, 15) is 0 Å². The molecule has 9 heteroatoms. The summed E-state index contributed by atoms with van der Waals surface area (Å²) in [5.41, 5.74) is 6.80. The highest BCUT2D eigenvalue weighted by atomic mass is 16.3. The molecule has 0 fully saturated rings. The van der Waals surface area contributed by atoms with E-state index in [0.717, 1.165) is 50.0 Å². The molecule has 0 saturated heterocycles. The van der Waals surface area contributed by atoms with Gasteiger partial charge >= 0.3 is 0 Å². The molecule has 0 amide bonds. The van der Waals surface area contributed by atoms with Crippen molar-refractivity contribution in [1.82, 2.24) is 39.9 Å². The van der Waals surface area contributed by atoms with Crippen LogP contribution in [0.3, 0.4) is 0 Å². The summed E-state index contributed by atoms with van der Waals surface area (Å²) in [6, 6.07) is 3.88. The molecular formula is C20H14N8O. The number of nitrogens with one attached hydrogen (secondary N) is 2. The number of hydrogen-bond acceptors (Lipinski definition) is 6. The van der Waals surface area contributed by atoms with Crippen LogP contribution in [0.5, 0.6) is 0 Å². The van der Waals surface area contributed by atoms with Gasteiger partial charge in [-0.2, -0.15) is 10.2 Å². The molecule has 29 heavy (non-hydrogen) atoms. The first-order valence-electron chi connectivity index (χ1n) is 8.96. The number of imidazole rings is 1. The number of hydrogen-bond donors (Lipinski definition) is 2. The number of rotatable bonds is 3. The Hall–Kier alpha value is -4.27. The molecule has 0 aliphatic rings. The molecule has 0 atom stereocenters. The second-order valence-corrected chi connectivity index (χ2v) is 6.77. The van der Waals surface area contributed by atoms with Crippen molar-refractivity contribution in [2.45, 2.75) is 0 Å². The van der Waals surface area contributed by atoms with Crippen molar-refractivity contribution in [2.24, 2.45) is 7.05 Å². The van der Waals surface area contributed by atoms with Crippen molar-refractivity contribution < 1.29 is 4.42 Å². The number of fused-ring (bicyclic) bond motifs is 2. The van der Waals surface area contributed by atoms with Crippen molar-refractivity contribution in [2.75, 3.05) is 0 Å². The average molecular weight is 382 g/mol. The molecule has 0 saturated carbocycles. The van der Waals surface area contributed by atoms with E-state index >= 15 is 0 Å². The first-order chi connectivity index (χ1) is 14.3. The standard InChI is InChI=1S/C20H14N8O/c1-28-9-12(5-23-28)15-4-13-16(8-22-15)26-27-19(13)20-24-17-7-21-6-14(18(17)25-20)11-2-3-29-10-11/h2-10H,1H3,(H,24,25)(H,26,27). The molecule has 0 bridgehead atoms. The van der Waals surface area contributed by atoms with Gasteiger partial charge in [-0.15, -0.1) is 0 Å². The zero-order chi connectivity index (χ0) is 19.4. The third-order valence-corrected chi connectivity index (χ3v) is 4.90. The molecule has 0 aromatic carbocycles. The zero-order valence-corrected chi connectivity index (χ0v) is 15.3. The summed E-state index contributed by atoms with van der Waals surface area (Å²) in [5, 5.41) is 12.7. The van der Waals surface area contributed by atoms with Crippen molar-refractivity contribution in [3.05, 3.63) is 55.6 Å². The third-order valence-electron chi connectivity index (χ3n) is 4.90. The Kier molecular flexibility index (Phi) is 3.19. The Morgan fingerprint density at radius 3 is 2.86 bits per heavy atom. The predicted molar refractivity (Wildman–Crippen MR) is 107 cm³/mol. The first kappa shape index (κ1) is 15.8. The van der Waals surface area contributed by atoms with Gasteiger partial charge in [0.25, 0.3) is 0 Å². The summed E-state index contributed by atoms with van der Waals surface area (Å²) >= 11 is 0. The lowest BCUT2D eigenvalue weighted by molar-refractivity contribution is 0.568. The van der Waals surface area contributed by atoms with E-state index in [-0.39, 0.29) is 0 Å². The fraction of sp³-hybridized carbons (Fsp3) is 0.0500. The SMILES string of the molecule is Cn1cc(-c2cc3c(-c4nc5c(-c6ccoc6)cncc5[nH]4)n[nH]c3cn2)cn1. The maximum atomic E-state index is 5.21. The van der Waals surface area contributed by atoms with Gasteiger partial charge in [-0.3, -0.25) is 19.7 Å². The van der Waals surface area contributed by atoms with Gasteiger partial charge < -0.3 is 9.40 Å². The minimum absolute atomic E-state index is 0.660. The minimum Gasteiger partial charge on any atom is -0.472 e. The average Bonchev–Trinajstić information content (AvgIpc) is 3.51. The molecule has 2 N–H and O–H groups in total. The van der Waals surface area contributed by atoms with Crippen LogP contribution in [0.1, 0.15) is 0 Å². The molecule has 0 spiro atoms. The lowest BCUT2D eigenvalue weighted by Gasteiger charge is -1.98. The predicted octanol–water partition coefficient (Wildman–Crippen LogP) is 3.56. The zero-order valence-electron chi connectivity index (χ0n) is 15.3. The van der Waals surface area contributed by atoms with Crippen molar-refractivity contribution >= 4 is 21.9 Å². The fourth-order valence-electron chi connectivity index (χ4n) is 3.48. The number of aromatic amines is 2. The second kappa shape index (κ2) is 5.86. The largest absolute Gasteiger partial charge is 0.472 e. The Labute approximate surface area is 163 Å². The molecule has 6 aromatic rings. The maximum Gasteiger partial charge on any atom is 0.159 e. The van der Waals surface area contributed by atoms with E-state index in [0.29, 0.717) is 5.82 Å². The van der Waals surface area contributed by atoms with Gasteiger partial charge in [-0.25, -0.2) is 4.98 Å². The van der Waals surface area contributed by atoms with Gasteiger partial charge in [0.1, 0.15) is 11.2 Å². The van der Waals surface area contributed by atoms with Crippen LogP contribution >= 0.6 is 0 Å². The summed E-state index contributed by atoms with van der Waals surface area (Å²) in [5.74, 6) is 0.660. The Bertz CT molecular complexity index is 1470. The highest BCUT2D eigenvalue weighted by molar-refractivity contribution is 5.97. The van der Waals surface area contributed by atoms with Gasteiger partial charge in [-0.05, 0) is 12.1 Å². The van der Waals surface area contributed by atoms with E-state index in [1.54, 1.807) is 42.0 Å². The highest BCUT2D eigenvalue weighted by Crippen LogP contribution is 2.32. The van der Waals surface area contributed by atoms with E-state index in [4.69, 9.17) is 9.40 Å². The smallest absolute Gasteiger partial charge is 0.159 e. The van der Waals surface area contributed by atoms with Crippen LogP contribution in [0.2, 0.25) is 0 Å². The summed E-state index contributed by atoms with van der Waals surface area (Å²) in [7, 11) is 1.88. The Balaban J connectivity index is 1.53. The van der Waals surface area contributed by atoms with Gasteiger partial charge in [-0.1, -0.05) is 0 Å². The van der Waals surface area contributed by atoms with Crippen LogP contribution in [0.15, 0.2) is 60.1 Å². The Morgan fingerprint density at radius 2 is 2.03 bits per heavy atom. The summed E-state index contributed by atoms with van der Waals surface area (Å²) in [6.45, 7) is 0. The van der Waals surface area contributed by atoms with Crippen molar-refractivity contribution in [3.8, 4) is 33.9 Å². The van der Waals surface area contributed by atoms with Crippen LogP contribution in [0, 0.1) is 0 Å². The fourth-order valence-corrected chi connectivity index (χ4v) is 3.48. The number of furan rings is 1.